The fraction of sp³-hybridized carbons (Fsp3) is 0.500. The molecule has 0 N–H and O–H groups in total. The van der Waals surface area contributed by atoms with E-state index in [1.54, 1.807) is 0 Å². The Hall–Kier alpha value is -3.69. The van der Waals surface area contributed by atoms with Gasteiger partial charge in [-0.2, -0.15) is 13.2 Å². The Kier molecular flexibility index (Phi) is 11.3. The van der Waals surface area contributed by atoms with E-state index in [4.69, 9.17) is 25.4 Å². The number of carbonyl (C=O) groups excluding carboxylic acids is 2. The van der Waals surface area contributed by atoms with Crippen LogP contribution in [0.3, 0.4) is 0 Å². The van der Waals surface area contributed by atoms with E-state index in [0.29, 0.717) is 18.8 Å². The number of nitrogens with zero attached hydrogens (tertiary/aromatic N) is 2. The fourth-order valence-corrected chi connectivity index (χ4v) is 4.97. The first-order chi connectivity index (χ1) is 19.9. The lowest BCUT2D eigenvalue weighted by molar-refractivity contribution is -0.139. The van der Waals surface area contributed by atoms with Crippen LogP contribution in [0.15, 0.2) is 24.4 Å². The average Bonchev–Trinajstić information content (AvgIpc) is 2.95. The van der Waals surface area contributed by atoms with Crippen molar-refractivity contribution in [3.63, 3.8) is 0 Å². The SMILES string of the molecule is C#CCc1cnc(Oc2cc(C(=O)OC)c(N(C(=O)[C@H]3CC[C@H](C)CC3)C(COC)COC)cc2F)c(C(F)(F)F)c1. The number of methoxy groups -OCH3 is 3. The third-order valence-electron chi connectivity index (χ3n) is 7.13. The second kappa shape index (κ2) is 14.5. The Bertz CT molecular complexity index is 1300. The number of esters is 1. The summed E-state index contributed by atoms with van der Waals surface area (Å²) in [4.78, 5) is 31.9. The number of benzene rings is 1. The zero-order valence-electron chi connectivity index (χ0n) is 23.9. The lowest BCUT2D eigenvalue weighted by Gasteiger charge is -2.36. The topological polar surface area (TPSA) is 87.2 Å². The minimum Gasteiger partial charge on any atom is -0.465 e. The van der Waals surface area contributed by atoms with Gasteiger partial charge < -0.3 is 23.8 Å². The summed E-state index contributed by atoms with van der Waals surface area (Å²) in [6.45, 7) is 2.08. The van der Waals surface area contributed by atoms with Crippen LogP contribution >= 0.6 is 0 Å². The van der Waals surface area contributed by atoms with Crippen LogP contribution in [0, 0.1) is 30.0 Å². The number of halogens is 4. The predicted octanol–water partition coefficient (Wildman–Crippen LogP) is 5.81. The Morgan fingerprint density at radius 1 is 1.10 bits per heavy atom. The maximum absolute atomic E-state index is 15.7. The van der Waals surface area contributed by atoms with Crippen molar-refractivity contribution in [3.05, 3.63) is 46.9 Å². The second-order valence-corrected chi connectivity index (χ2v) is 10.2. The molecule has 12 heteroatoms. The van der Waals surface area contributed by atoms with Gasteiger partial charge in [-0.15, -0.1) is 12.3 Å². The molecule has 0 unspecified atom stereocenters. The summed E-state index contributed by atoms with van der Waals surface area (Å²) in [5.74, 6) is -1.84. The number of rotatable bonds is 11. The molecule has 8 nitrogen and oxygen atoms in total. The highest BCUT2D eigenvalue weighted by atomic mass is 19.4. The summed E-state index contributed by atoms with van der Waals surface area (Å²) in [6.07, 6.45) is 4.12. The molecule has 1 saturated carbocycles. The Balaban J connectivity index is 2.15. The lowest BCUT2D eigenvalue weighted by atomic mass is 9.82. The van der Waals surface area contributed by atoms with Gasteiger partial charge in [0, 0.05) is 44.9 Å². The maximum atomic E-state index is 15.7. The van der Waals surface area contributed by atoms with Crippen molar-refractivity contribution in [1.29, 1.82) is 0 Å². The number of ether oxygens (including phenoxy) is 4. The van der Waals surface area contributed by atoms with Crippen molar-refractivity contribution in [2.75, 3.05) is 39.4 Å². The van der Waals surface area contributed by atoms with Gasteiger partial charge >= 0.3 is 12.1 Å². The van der Waals surface area contributed by atoms with Gasteiger partial charge in [-0.05, 0) is 43.2 Å². The number of carbonyl (C=O) groups is 2. The number of alkyl halides is 3. The zero-order chi connectivity index (χ0) is 31.0. The molecule has 1 aromatic carbocycles. The van der Waals surface area contributed by atoms with Crippen LogP contribution in [0.1, 0.15) is 54.1 Å². The van der Waals surface area contributed by atoms with Gasteiger partial charge in [0.1, 0.15) is 5.56 Å². The van der Waals surface area contributed by atoms with Gasteiger partial charge in [0.25, 0.3) is 0 Å². The summed E-state index contributed by atoms with van der Waals surface area (Å²) >= 11 is 0. The highest BCUT2D eigenvalue weighted by molar-refractivity contribution is 6.04. The Morgan fingerprint density at radius 3 is 2.29 bits per heavy atom. The van der Waals surface area contributed by atoms with E-state index < -0.39 is 47.1 Å². The summed E-state index contributed by atoms with van der Waals surface area (Å²) in [5.41, 5.74) is -1.62. The van der Waals surface area contributed by atoms with Crippen molar-refractivity contribution in [2.45, 2.75) is 51.2 Å². The van der Waals surface area contributed by atoms with Crippen LogP contribution in [0.2, 0.25) is 0 Å². The van der Waals surface area contributed by atoms with Crippen LogP contribution in [0.5, 0.6) is 11.6 Å². The van der Waals surface area contributed by atoms with Crippen LogP contribution in [0.4, 0.5) is 23.2 Å². The first-order valence-electron chi connectivity index (χ1n) is 13.3. The van der Waals surface area contributed by atoms with Crippen molar-refractivity contribution in [2.24, 2.45) is 11.8 Å². The highest BCUT2D eigenvalue weighted by Crippen LogP contribution is 2.40. The molecule has 1 aromatic heterocycles. The van der Waals surface area contributed by atoms with Crippen LogP contribution in [-0.2, 0) is 31.6 Å². The van der Waals surface area contributed by atoms with E-state index in [1.807, 2.05) is 0 Å². The van der Waals surface area contributed by atoms with Gasteiger partial charge in [0.05, 0.1) is 37.6 Å². The molecule has 1 aliphatic carbocycles. The molecule has 3 rings (SSSR count). The number of aromatic nitrogens is 1. The predicted molar refractivity (Wildman–Crippen MR) is 146 cm³/mol. The molecule has 42 heavy (non-hydrogen) atoms. The Morgan fingerprint density at radius 2 is 1.74 bits per heavy atom. The van der Waals surface area contributed by atoms with E-state index in [9.17, 15) is 22.8 Å². The van der Waals surface area contributed by atoms with E-state index in [0.717, 1.165) is 44.3 Å². The van der Waals surface area contributed by atoms with Crippen molar-refractivity contribution < 1.29 is 46.1 Å². The first kappa shape index (κ1) is 32.8. The van der Waals surface area contributed by atoms with Crippen LogP contribution < -0.4 is 9.64 Å². The fourth-order valence-electron chi connectivity index (χ4n) is 4.97. The number of hydrogen-bond donors (Lipinski definition) is 0. The van der Waals surface area contributed by atoms with Crippen molar-refractivity contribution >= 4 is 17.6 Å². The molecule has 1 heterocycles. The average molecular weight is 595 g/mol. The molecule has 0 aliphatic heterocycles. The standard InChI is InChI=1S/C30H34F4N2O6/c1-6-7-19-12-23(30(32,33)34)27(35-15-19)42-26-13-22(29(38)41-5)25(14-24(26)31)36(21(16-39-3)17-40-4)28(37)20-10-8-18(2)9-11-20/h1,12-15,18,20-21H,7-11,16-17H2,2-5H3/t18-,20-. The van der Waals surface area contributed by atoms with E-state index in [2.05, 4.69) is 17.8 Å². The second-order valence-electron chi connectivity index (χ2n) is 10.2. The third-order valence-corrected chi connectivity index (χ3v) is 7.13. The smallest absolute Gasteiger partial charge is 0.421 e. The van der Waals surface area contributed by atoms with E-state index >= 15 is 4.39 Å². The molecule has 2 aromatic rings. The number of amides is 1. The molecule has 1 amide bonds. The zero-order valence-corrected chi connectivity index (χ0v) is 23.9. The van der Waals surface area contributed by atoms with Crippen molar-refractivity contribution in [3.8, 4) is 24.0 Å². The van der Waals surface area contributed by atoms with Gasteiger partial charge in [-0.25, -0.2) is 14.2 Å². The number of anilines is 1. The number of terminal acetylenes is 1. The van der Waals surface area contributed by atoms with Crippen molar-refractivity contribution in [1.82, 2.24) is 4.98 Å². The molecule has 0 spiro atoms. The van der Waals surface area contributed by atoms with Gasteiger partial charge in [-0.3, -0.25) is 4.79 Å². The third kappa shape index (κ3) is 7.77. The molecular formula is C30H34F4N2O6. The minimum absolute atomic E-state index is 0.00788. The van der Waals surface area contributed by atoms with Gasteiger partial charge in [-0.1, -0.05) is 6.92 Å². The van der Waals surface area contributed by atoms with Crippen LogP contribution in [0.25, 0.3) is 0 Å². The molecule has 0 radical (unpaired) electrons. The summed E-state index contributed by atoms with van der Waals surface area (Å²) < 4.78 is 77.9. The van der Waals surface area contributed by atoms with E-state index in [-0.39, 0.29) is 42.4 Å². The number of hydrogen-bond acceptors (Lipinski definition) is 7. The molecule has 228 valence electrons. The maximum Gasteiger partial charge on any atom is 0.421 e. The molecule has 0 atom stereocenters. The normalized spacial score (nSPS) is 17.0. The monoisotopic (exact) mass is 594 g/mol. The summed E-state index contributed by atoms with van der Waals surface area (Å²) in [6, 6.07) is 1.77. The van der Waals surface area contributed by atoms with Gasteiger partial charge in [0.15, 0.2) is 11.6 Å². The highest BCUT2D eigenvalue weighted by Gasteiger charge is 2.38. The number of pyridine rings is 1. The summed E-state index contributed by atoms with van der Waals surface area (Å²) in [7, 11) is 3.93. The molecule has 1 fully saturated rings. The molecule has 0 bridgehead atoms. The molecular weight excluding hydrogens is 560 g/mol. The molecule has 1 aliphatic rings. The van der Waals surface area contributed by atoms with E-state index in [1.165, 1.54) is 19.1 Å². The van der Waals surface area contributed by atoms with Gasteiger partial charge in [0.2, 0.25) is 11.8 Å². The molecule has 0 saturated heterocycles. The quantitative estimate of drug-likeness (QED) is 0.184. The summed E-state index contributed by atoms with van der Waals surface area (Å²) in [5, 5.41) is 0. The first-order valence-corrected chi connectivity index (χ1v) is 13.3. The Labute approximate surface area is 242 Å². The minimum atomic E-state index is -4.90. The largest absolute Gasteiger partial charge is 0.465 e. The lowest BCUT2D eigenvalue weighted by Crippen LogP contribution is -2.49. The van der Waals surface area contributed by atoms with Crippen LogP contribution in [-0.4, -0.2) is 57.4 Å².